The third-order valence-corrected chi connectivity index (χ3v) is 2.94. The number of amides is 1. The number of aromatic amines is 1. The number of benzene rings is 1. The summed E-state index contributed by atoms with van der Waals surface area (Å²) in [6, 6.07) is 9.68. The van der Waals surface area contributed by atoms with Crippen molar-refractivity contribution in [2.24, 2.45) is 0 Å². The van der Waals surface area contributed by atoms with Gasteiger partial charge in [0, 0.05) is 17.4 Å². The van der Waals surface area contributed by atoms with Gasteiger partial charge in [0.25, 0.3) is 5.91 Å². The van der Waals surface area contributed by atoms with Crippen molar-refractivity contribution in [3.8, 4) is 0 Å². The summed E-state index contributed by atoms with van der Waals surface area (Å²) < 4.78 is 0. The van der Waals surface area contributed by atoms with Gasteiger partial charge in [-0.25, -0.2) is 0 Å². The van der Waals surface area contributed by atoms with E-state index in [1.165, 1.54) is 0 Å². The molecule has 2 rings (SSSR count). The molecule has 0 bridgehead atoms. The number of aromatic nitrogens is 1. The van der Waals surface area contributed by atoms with Gasteiger partial charge in [-0.2, -0.15) is 0 Å². The first kappa shape index (κ1) is 13.9. The van der Waals surface area contributed by atoms with Crippen molar-refractivity contribution in [1.82, 2.24) is 10.3 Å². The Hall–Kier alpha value is -2.55. The molecule has 0 saturated carbocycles. The van der Waals surface area contributed by atoms with Crippen LogP contribution in [-0.2, 0) is 0 Å². The molecular weight excluding hydrogens is 248 g/mol. The first-order valence-electron chi connectivity index (χ1n) is 6.55. The lowest BCUT2D eigenvalue weighted by atomic mass is 10.2. The van der Waals surface area contributed by atoms with Crippen LogP contribution in [0.1, 0.15) is 17.4 Å². The van der Waals surface area contributed by atoms with Crippen molar-refractivity contribution in [1.29, 1.82) is 0 Å². The summed E-state index contributed by atoms with van der Waals surface area (Å²) in [5.41, 5.74) is 2.55. The second kappa shape index (κ2) is 6.57. The fourth-order valence-electron chi connectivity index (χ4n) is 2.01. The van der Waals surface area contributed by atoms with Crippen LogP contribution in [0.15, 0.2) is 66.8 Å². The normalized spacial score (nSPS) is 11.9. The molecule has 0 atom stereocenters. The Morgan fingerprint density at radius 3 is 2.90 bits per heavy atom. The van der Waals surface area contributed by atoms with Gasteiger partial charge in [-0.3, -0.25) is 4.79 Å². The third-order valence-electron chi connectivity index (χ3n) is 2.94. The second-order valence-corrected chi connectivity index (χ2v) is 4.43. The molecule has 0 saturated heterocycles. The molecule has 2 N–H and O–H groups in total. The Bertz CT molecular complexity index is 644. The Morgan fingerprint density at radius 2 is 2.20 bits per heavy atom. The fourth-order valence-corrected chi connectivity index (χ4v) is 2.01. The van der Waals surface area contributed by atoms with E-state index in [2.05, 4.69) is 16.9 Å². The number of hydrogen-bond donors (Lipinski definition) is 2. The van der Waals surface area contributed by atoms with Gasteiger partial charge < -0.3 is 10.3 Å². The van der Waals surface area contributed by atoms with Crippen LogP contribution < -0.4 is 5.32 Å². The van der Waals surface area contributed by atoms with Gasteiger partial charge in [0.05, 0.1) is 0 Å². The van der Waals surface area contributed by atoms with E-state index in [1.807, 2.05) is 55.5 Å². The molecule has 0 aliphatic rings. The van der Waals surface area contributed by atoms with Crippen LogP contribution >= 0.6 is 0 Å². The van der Waals surface area contributed by atoms with E-state index in [0.29, 0.717) is 12.2 Å². The largest absolute Gasteiger partial charge is 0.351 e. The minimum absolute atomic E-state index is 0.110. The molecule has 2 aromatic rings. The number of rotatable bonds is 5. The predicted molar refractivity (Wildman–Crippen MR) is 83.7 cm³/mol. The number of nitrogens with one attached hydrogen (secondary N) is 2. The average Bonchev–Trinajstić information content (AvgIpc) is 2.89. The van der Waals surface area contributed by atoms with E-state index in [0.717, 1.165) is 16.5 Å². The van der Waals surface area contributed by atoms with Gasteiger partial charge in [0.15, 0.2) is 0 Å². The Morgan fingerprint density at radius 1 is 1.40 bits per heavy atom. The summed E-state index contributed by atoms with van der Waals surface area (Å²) >= 11 is 0. The summed E-state index contributed by atoms with van der Waals surface area (Å²) in [5, 5.41) is 3.93. The van der Waals surface area contributed by atoms with Crippen LogP contribution in [0.2, 0.25) is 0 Å². The second-order valence-electron chi connectivity index (χ2n) is 4.43. The molecule has 0 unspecified atom stereocenters. The lowest BCUT2D eigenvalue weighted by Crippen LogP contribution is -2.25. The molecule has 3 nitrogen and oxygen atoms in total. The Balaban J connectivity index is 2.08. The van der Waals surface area contributed by atoms with Crippen molar-refractivity contribution in [2.45, 2.75) is 6.92 Å². The maximum Gasteiger partial charge on any atom is 0.267 e. The van der Waals surface area contributed by atoms with Gasteiger partial charge in [0.2, 0.25) is 0 Å². The number of carbonyl (C=O) groups is 1. The van der Waals surface area contributed by atoms with Gasteiger partial charge in [0.1, 0.15) is 5.69 Å². The highest BCUT2D eigenvalue weighted by atomic mass is 16.1. The summed E-state index contributed by atoms with van der Waals surface area (Å²) in [6.45, 7) is 6.09. The molecule has 102 valence electrons. The monoisotopic (exact) mass is 266 g/mol. The van der Waals surface area contributed by atoms with Crippen LogP contribution in [0.5, 0.6) is 0 Å². The third kappa shape index (κ3) is 3.26. The minimum Gasteiger partial charge on any atom is -0.351 e. The van der Waals surface area contributed by atoms with E-state index in [4.69, 9.17) is 0 Å². The lowest BCUT2D eigenvalue weighted by molar-refractivity contribution is 0.0953. The van der Waals surface area contributed by atoms with Crippen LogP contribution in [0.4, 0.5) is 0 Å². The predicted octanol–water partition coefficient (Wildman–Crippen LogP) is 3.59. The van der Waals surface area contributed by atoms with Gasteiger partial charge in [-0.05, 0) is 24.6 Å². The van der Waals surface area contributed by atoms with Crippen LogP contribution in [0, 0.1) is 0 Å². The molecule has 20 heavy (non-hydrogen) atoms. The van der Waals surface area contributed by atoms with Crippen molar-refractivity contribution in [3.05, 3.63) is 72.5 Å². The van der Waals surface area contributed by atoms with E-state index in [-0.39, 0.29) is 5.91 Å². The molecule has 0 fully saturated rings. The topological polar surface area (TPSA) is 44.9 Å². The zero-order chi connectivity index (χ0) is 14.4. The first-order chi connectivity index (χ1) is 9.74. The molecular formula is C17H18N2O. The number of allylic oxidation sites excluding steroid dienone is 3. The van der Waals surface area contributed by atoms with Gasteiger partial charge in [-0.15, -0.1) is 0 Å². The standard InChI is InChI=1S/C17H18N2O/c1-3-7-13(8-4-2)12-18-17(20)16-11-14-9-5-6-10-15(14)19-16/h3-11,19H,1,12H2,2H3,(H,18,20)/b8-4-,13-7+. The summed E-state index contributed by atoms with van der Waals surface area (Å²) in [6.07, 6.45) is 7.48. The zero-order valence-corrected chi connectivity index (χ0v) is 11.5. The molecule has 0 aliphatic heterocycles. The molecule has 0 radical (unpaired) electrons. The zero-order valence-electron chi connectivity index (χ0n) is 11.5. The summed E-state index contributed by atoms with van der Waals surface area (Å²) in [7, 11) is 0. The number of H-pyrrole nitrogens is 1. The van der Waals surface area contributed by atoms with Gasteiger partial charge in [-0.1, -0.05) is 49.1 Å². The van der Waals surface area contributed by atoms with Crippen LogP contribution in [0.3, 0.4) is 0 Å². The minimum atomic E-state index is -0.110. The van der Waals surface area contributed by atoms with Crippen LogP contribution in [0.25, 0.3) is 10.9 Å². The van der Waals surface area contributed by atoms with Crippen molar-refractivity contribution in [2.75, 3.05) is 6.54 Å². The average molecular weight is 266 g/mol. The number of carbonyl (C=O) groups excluding carboxylic acids is 1. The molecule has 3 heteroatoms. The highest BCUT2D eigenvalue weighted by molar-refractivity contribution is 5.98. The number of hydrogen-bond acceptors (Lipinski definition) is 1. The maximum absolute atomic E-state index is 12.1. The summed E-state index contributed by atoms with van der Waals surface area (Å²) in [5.74, 6) is -0.110. The van der Waals surface area contributed by atoms with Gasteiger partial charge >= 0.3 is 0 Å². The number of para-hydroxylation sites is 1. The van der Waals surface area contributed by atoms with E-state index >= 15 is 0 Å². The SMILES string of the molecule is C=C/C=C(\C=C/C)CNC(=O)c1cc2ccccc2[nH]1. The van der Waals surface area contributed by atoms with Crippen molar-refractivity contribution >= 4 is 16.8 Å². The van der Waals surface area contributed by atoms with Crippen molar-refractivity contribution < 1.29 is 4.79 Å². The highest BCUT2D eigenvalue weighted by Gasteiger charge is 2.08. The highest BCUT2D eigenvalue weighted by Crippen LogP contribution is 2.14. The summed E-state index contributed by atoms with van der Waals surface area (Å²) in [4.78, 5) is 15.2. The molecule has 1 amide bonds. The number of fused-ring (bicyclic) bond motifs is 1. The smallest absolute Gasteiger partial charge is 0.267 e. The molecule has 1 heterocycles. The van der Waals surface area contributed by atoms with Crippen molar-refractivity contribution in [3.63, 3.8) is 0 Å². The van der Waals surface area contributed by atoms with E-state index < -0.39 is 0 Å². The fraction of sp³-hybridized carbons (Fsp3) is 0.118. The maximum atomic E-state index is 12.1. The molecule has 1 aromatic heterocycles. The molecule has 0 spiro atoms. The molecule has 0 aliphatic carbocycles. The van der Waals surface area contributed by atoms with E-state index in [9.17, 15) is 4.79 Å². The van der Waals surface area contributed by atoms with Crippen LogP contribution in [-0.4, -0.2) is 17.4 Å². The quantitative estimate of drug-likeness (QED) is 0.798. The molecule has 1 aromatic carbocycles. The van der Waals surface area contributed by atoms with E-state index in [1.54, 1.807) is 6.08 Å². The Kier molecular flexibility index (Phi) is 4.56. The lowest BCUT2D eigenvalue weighted by Gasteiger charge is -2.04. The first-order valence-corrected chi connectivity index (χ1v) is 6.55. The Labute approximate surface area is 118 Å².